The van der Waals surface area contributed by atoms with Gasteiger partial charge >= 0.3 is 0 Å². The van der Waals surface area contributed by atoms with Gasteiger partial charge in [0.05, 0.1) is 19.9 Å². The Hall–Kier alpha value is -2.38. The first-order valence-corrected chi connectivity index (χ1v) is 10.5. The number of benzene rings is 2. The minimum atomic E-state index is -3.51. The number of methoxy groups -OCH3 is 1. The second kappa shape index (κ2) is 9.53. The van der Waals surface area contributed by atoms with Crippen molar-refractivity contribution in [1.82, 2.24) is 9.62 Å². The van der Waals surface area contributed by atoms with Crippen LogP contribution in [0.1, 0.15) is 16.7 Å². The molecule has 2 aromatic carbocycles. The van der Waals surface area contributed by atoms with Crippen molar-refractivity contribution in [3.63, 3.8) is 0 Å². The van der Waals surface area contributed by atoms with Gasteiger partial charge < -0.3 is 10.1 Å². The van der Waals surface area contributed by atoms with Crippen LogP contribution in [0.25, 0.3) is 0 Å². The molecule has 146 valence electrons. The summed E-state index contributed by atoms with van der Waals surface area (Å²) >= 11 is 0. The Morgan fingerprint density at radius 1 is 1.15 bits per heavy atom. The highest BCUT2D eigenvalue weighted by Crippen LogP contribution is 2.17. The number of aryl methyl sites for hydroxylation is 1. The summed E-state index contributed by atoms with van der Waals surface area (Å²) in [6.07, 6.45) is 1.72. The molecule has 0 aliphatic carbocycles. The summed E-state index contributed by atoms with van der Waals surface area (Å²) in [7, 11) is -1.90. The van der Waals surface area contributed by atoms with Gasteiger partial charge in [0.25, 0.3) is 0 Å². The summed E-state index contributed by atoms with van der Waals surface area (Å²) < 4.78 is 30.6. The smallest absolute Gasteiger partial charge is 0.235 e. The van der Waals surface area contributed by atoms with E-state index in [-0.39, 0.29) is 19.0 Å². The largest absolute Gasteiger partial charge is 0.496 e. The zero-order valence-corrected chi connectivity index (χ0v) is 16.8. The van der Waals surface area contributed by atoms with Crippen molar-refractivity contribution in [2.75, 3.05) is 26.5 Å². The number of nitrogens with one attached hydrogen (secondary N) is 1. The molecular formula is C20H26N2O4S. The van der Waals surface area contributed by atoms with Crippen molar-refractivity contribution in [3.8, 4) is 5.75 Å². The first-order valence-electron chi connectivity index (χ1n) is 8.69. The van der Waals surface area contributed by atoms with Crippen molar-refractivity contribution in [3.05, 3.63) is 65.2 Å². The van der Waals surface area contributed by atoms with Gasteiger partial charge in [0.1, 0.15) is 5.75 Å². The van der Waals surface area contributed by atoms with Gasteiger partial charge in [0.15, 0.2) is 0 Å². The van der Waals surface area contributed by atoms with Gasteiger partial charge in [-0.3, -0.25) is 4.79 Å². The van der Waals surface area contributed by atoms with E-state index in [0.29, 0.717) is 13.0 Å². The molecule has 0 saturated heterocycles. The van der Waals surface area contributed by atoms with Crippen molar-refractivity contribution < 1.29 is 17.9 Å². The number of hydrogen-bond acceptors (Lipinski definition) is 4. The molecule has 0 unspecified atom stereocenters. The number of sulfonamides is 1. The lowest BCUT2D eigenvalue weighted by molar-refractivity contribution is -0.121. The van der Waals surface area contributed by atoms with E-state index in [4.69, 9.17) is 4.74 Å². The predicted molar refractivity (Wildman–Crippen MR) is 106 cm³/mol. The number of para-hydroxylation sites is 1. The summed E-state index contributed by atoms with van der Waals surface area (Å²) in [6, 6.07) is 15.2. The van der Waals surface area contributed by atoms with Gasteiger partial charge in [-0.05, 0) is 30.5 Å². The average Bonchev–Trinajstić information content (AvgIpc) is 2.61. The molecular weight excluding hydrogens is 364 g/mol. The third-order valence-electron chi connectivity index (χ3n) is 4.14. The van der Waals surface area contributed by atoms with Gasteiger partial charge in [-0.2, -0.15) is 4.31 Å². The zero-order valence-electron chi connectivity index (χ0n) is 15.9. The normalized spacial score (nSPS) is 11.4. The molecule has 0 saturated carbocycles. The first-order chi connectivity index (χ1) is 12.8. The fraction of sp³-hybridized carbons (Fsp3) is 0.350. The summed E-state index contributed by atoms with van der Waals surface area (Å²) in [6.45, 7) is 2.30. The number of rotatable bonds is 9. The zero-order chi connectivity index (χ0) is 19.9. The Balaban J connectivity index is 1.94. The van der Waals surface area contributed by atoms with Gasteiger partial charge in [-0.1, -0.05) is 48.0 Å². The second-order valence-corrected chi connectivity index (χ2v) is 8.41. The van der Waals surface area contributed by atoms with Crippen LogP contribution in [0.2, 0.25) is 0 Å². The SMILES string of the molecule is COc1ccccc1CCNC(=O)CN(Cc1cccc(C)c1)S(C)(=O)=O. The fourth-order valence-corrected chi connectivity index (χ4v) is 3.50. The number of nitrogens with zero attached hydrogens (tertiary/aromatic N) is 1. The van der Waals surface area contributed by atoms with E-state index >= 15 is 0 Å². The third kappa shape index (κ3) is 6.69. The monoisotopic (exact) mass is 390 g/mol. The lowest BCUT2D eigenvalue weighted by atomic mass is 10.1. The van der Waals surface area contributed by atoms with Crippen LogP contribution in [0, 0.1) is 6.92 Å². The van der Waals surface area contributed by atoms with E-state index in [0.717, 1.165) is 28.7 Å². The van der Waals surface area contributed by atoms with Crippen LogP contribution in [0.5, 0.6) is 5.75 Å². The lowest BCUT2D eigenvalue weighted by Gasteiger charge is -2.20. The summed E-state index contributed by atoms with van der Waals surface area (Å²) in [5, 5.41) is 2.78. The predicted octanol–water partition coefficient (Wildman–Crippen LogP) is 2.12. The first kappa shape index (κ1) is 20.9. The number of hydrogen-bond donors (Lipinski definition) is 1. The van der Waals surface area contributed by atoms with E-state index in [1.165, 1.54) is 4.31 Å². The van der Waals surface area contributed by atoms with E-state index in [2.05, 4.69) is 5.32 Å². The minimum Gasteiger partial charge on any atom is -0.496 e. The molecule has 6 nitrogen and oxygen atoms in total. The van der Waals surface area contributed by atoms with Crippen LogP contribution < -0.4 is 10.1 Å². The van der Waals surface area contributed by atoms with Crippen LogP contribution in [0.15, 0.2) is 48.5 Å². The molecule has 2 aromatic rings. The standard InChI is InChI=1S/C20H26N2O4S/c1-16-7-6-8-17(13-16)14-22(27(3,24)25)15-20(23)21-12-11-18-9-4-5-10-19(18)26-2/h4-10,13H,11-12,14-15H2,1-3H3,(H,21,23). The van der Waals surface area contributed by atoms with Crippen molar-refractivity contribution in [2.24, 2.45) is 0 Å². The molecule has 1 amide bonds. The van der Waals surface area contributed by atoms with Crippen molar-refractivity contribution in [2.45, 2.75) is 19.9 Å². The van der Waals surface area contributed by atoms with Crippen LogP contribution in [-0.2, 0) is 27.8 Å². The number of ether oxygens (including phenoxy) is 1. The van der Waals surface area contributed by atoms with Crippen LogP contribution in [0.4, 0.5) is 0 Å². The highest BCUT2D eigenvalue weighted by molar-refractivity contribution is 7.88. The fourth-order valence-electron chi connectivity index (χ4n) is 2.77. The highest BCUT2D eigenvalue weighted by atomic mass is 32.2. The third-order valence-corrected chi connectivity index (χ3v) is 5.34. The van der Waals surface area contributed by atoms with Gasteiger partial charge in [-0.15, -0.1) is 0 Å². The van der Waals surface area contributed by atoms with E-state index in [1.54, 1.807) is 7.11 Å². The Labute approximate surface area is 161 Å². The van der Waals surface area contributed by atoms with Gasteiger partial charge in [0.2, 0.25) is 15.9 Å². The van der Waals surface area contributed by atoms with Gasteiger partial charge in [0, 0.05) is 13.1 Å². The molecule has 0 aromatic heterocycles. The Bertz CT molecular complexity index is 881. The summed E-state index contributed by atoms with van der Waals surface area (Å²) in [4.78, 5) is 12.3. The van der Waals surface area contributed by atoms with Crippen LogP contribution in [-0.4, -0.2) is 45.1 Å². The van der Waals surface area contributed by atoms with Crippen LogP contribution in [0.3, 0.4) is 0 Å². The van der Waals surface area contributed by atoms with Crippen molar-refractivity contribution >= 4 is 15.9 Å². The molecule has 7 heteroatoms. The maximum Gasteiger partial charge on any atom is 0.235 e. The Kier molecular flexibility index (Phi) is 7.38. The molecule has 2 rings (SSSR count). The molecule has 0 atom stereocenters. The van der Waals surface area contributed by atoms with E-state index in [1.807, 2.05) is 55.5 Å². The number of amides is 1. The molecule has 27 heavy (non-hydrogen) atoms. The quantitative estimate of drug-likeness (QED) is 0.712. The Morgan fingerprint density at radius 2 is 1.89 bits per heavy atom. The summed E-state index contributed by atoms with van der Waals surface area (Å²) in [5.41, 5.74) is 2.88. The maximum absolute atomic E-state index is 12.3. The summed E-state index contributed by atoms with van der Waals surface area (Å²) in [5.74, 6) is 0.437. The Morgan fingerprint density at radius 3 is 2.56 bits per heavy atom. The molecule has 0 radical (unpaired) electrons. The van der Waals surface area contributed by atoms with E-state index < -0.39 is 10.0 Å². The molecule has 0 heterocycles. The number of carbonyl (C=O) groups excluding carboxylic acids is 1. The molecule has 0 aliphatic rings. The highest BCUT2D eigenvalue weighted by Gasteiger charge is 2.20. The lowest BCUT2D eigenvalue weighted by Crippen LogP contribution is -2.40. The number of carbonyl (C=O) groups is 1. The molecule has 0 aliphatic heterocycles. The maximum atomic E-state index is 12.3. The molecule has 1 N–H and O–H groups in total. The average molecular weight is 391 g/mol. The topological polar surface area (TPSA) is 75.7 Å². The second-order valence-electron chi connectivity index (χ2n) is 6.43. The van der Waals surface area contributed by atoms with Gasteiger partial charge in [-0.25, -0.2) is 8.42 Å². The van der Waals surface area contributed by atoms with E-state index in [9.17, 15) is 13.2 Å². The molecule has 0 bridgehead atoms. The van der Waals surface area contributed by atoms with Crippen molar-refractivity contribution in [1.29, 1.82) is 0 Å². The minimum absolute atomic E-state index is 0.167. The molecule has 0 fully saturated rings. The van der Waals surface area contributed by atoms with Crippen LogP contribution >= 0.6 is 0 Å². The molecule has 0 spiro atoms.